The molecule has 0 N–H and O–H groups in total. The smallest absolute Gasteiger partial charge is 0.263 e. The van der Waals surface area contributed by atoms with Crippen LogP contribution in [-0.2, 0) is 24.3 Å². The second-order valence-electron chi connectivity index (χ2n) is 7.57. The zero-order chi connectivity index (χ0) is 19.7. The Kier molecular flexibility index (Phi) is 5.63. The van der Waals surface area contributed by atoms with Crippen LogP contribution in [-0.4, -0.2) is 20.9 Å². The van der Waals surface area contributed by atoms with E-state index in [0.717, 1.165) is 56.4 Å². The van der Waals surface area contributed by atoms with Crippen LogP contribution in [0.1, 0.15) is 49.6 Å². The Hall–Kier alpha value is -1.63. The summed E-state index contributed by atoms with van der Waals surface area (Å²) in [5.74, 6) is 0.953. The van der Waals surface area contributed by atoms with Crippen molar-refractivity contribution in [3.63, 3.8) is 0 Å². The van der Waals surface area contributed by atoms with Crippen LogP contribution in [0.5, 0.6) is 0 Å². The molecule has 6 heteroatoms. The molecule has 0 unspecified atom stereocenters. The number of ether oxygens (including phenoxy) is 1. The average molecular weight is 415 g/mol. The highest BCUT2D eigenvalue weighted by Gasteiger charge is 2.33. The van der Waals surface area contributed by atoms with Gasteiger partial charge in [-0.3, -0.25) is 9.36 Å². The van der Waals surface area contributed by atoms with Crippen molar-refractivity contribution in [2.75, 3.05) is 5.75 Å². The molecule has 4 nitrogen and oxygen atoms in total. The molecular formula is C22H26N2O2S2. The third-order valence-electron chi connectivity index (χ3n) is 5.43. The quantitative estimate of drug-likeness (QED) is 0.408. The fraction of sp³-hybridized carbons (Fsp3) is 0.455. The zero-order valence-corrected chi connectivity index (χ0v) is 18.3. The van der Waals surface area contributed by atoms with Crippen LogP contribution in [0.25, 0.3) is 10.2 Å². The number of thiophene rings is 1. The summed E-state index contributed by atoms with van der Waals surface area (Å²) in [7, 11) is 0. The topological polar surface area (TPSA) is 44.1 Å². The highest BCUT2D eigenvalue weighted by molar-refractivity contribution is 7.99. The Labute approximate surface area is 174 Å². The van der Waals surface area contributed by atoms with Gasteiger partial charge in [0, 0.05) is 17.1 Å². The average Bonchev–Trinajstić information content (AvgIpc) is 3.07. The molecule has 148 valence electrons. The van der Waals surface area contributed by atoms with Gasteiger partial charge in [-0.2, -0.15) is 0 Å². The molecule has 0 radical (unpaired) electrons. The molecule has 28 heavy (non-hydrogen) atoms. The normalized spacial score (nSPS) is 19.1. The van der Waals surface area contributed by atoms with E-state index < -0.39 is 0 Å². The van der Waals surface area contributed by atoms with E-state index in [1.807, 2.05) is 22.8 Å². The predicted molar refractivity (Wildman–Crippen MR) is 118 cm³/mol. The molecule has 1 atom stereocenters. The lowest BCUT2D eigenvalue weighted by Crippen LogP contribution is -2.34. The molecule has 4 rings (SSSR count). The number of hydrogen-bond acceptors (Lipinski definition) is 5. The number of benzene rings is 1. The molecule has 0 aliphatic carbocycles. The maximum absolute atomic E-state index is 13.6. The number of hydrogen-bond donors (Lipinski definition) is 0. The third kappa shape index (κ3) is 3.65. The van der Waals surface area contributed by atoms with E-state index in [4.69, 9.17) is 9.72 Å². The van der Waals surface area contributed by atoms with Crippen LogP contribution < -0.4 is 5.56 Å². The summed E-state index contributed by atoms with van der Waals surface area (Å²) < 4.78 is 7.96. The Bertz CT molecular complexity index is 1040. The lowest BCUT2D eigenvalue weighted by atomic mass is 9.90. The predicted octanol–water partition coefficient (Wildman–Crippen LogP) is 5.25. The van der Waals surface area contributed by atoms with Crippen molar-refractivity contribution in [2.45, 2.75) is 63.9 Å². The summed E-state index contributed by atoms with van der Waals surface area (Å²) in [6, 6.07) is 10.2. The Morgan fingerprint density at radius 3 is 2.79 bits per heavy atom. The molecule has 1 aliphatic heterocycles. The van der Waals surface area contributed by atoms with Crippen molar-refractivity contribution in [3.8, 4) is 0 Å². The summed E-state index contributed by atoms with van der Waals surface area (Å²) in [5.41, 5.74) is 2.16. The van der Waals surface area contributed by atoms with Crippen molar-refractivity contribution >= 4 is 33.3 Å². The molecule has 0 saturated carbocycles. The summed E-state index contributed by atoms with van der Waals surface area (Å²) >= 11 is 3.30. The second-order valence-corrected chi connectivity index (χ2v) is 9.72. The minimum Gasteiger partial charge on any atom is -0.369 e. The largest absolute Gasteiger partial charge is 0.369 e. The summed E-state index contributed by atoms with van der Waals surface area (Å²) in [6.45, 7) is 7.57. The van der Waals surface area contributed by atoms with Gasteiger partial charge in [-0.15, -0.1) is 11.3 Å². The number of nitrogens with zero attached hydrogens (tertiary/aromatic N) is 2. The third-order valence-corrected chi connectivity index (χ3v) is 7.71. The molecule has 0 bridgehead atoms. The highest BCUT2D eigenvalue weighted by Crippen LogP contribution is 2.38. The van der Waals surface area contributed by atoms with Crippen molar-refractivity contribution in [1.82, 2.24) is 9.55 Å². The van der Waals surface area contributed by atoms with E-state index in [0.29, 0.717) is 13.2 Å². The number of rotatable bonds is 6. The van der Waals surface area contributed by atoms with E-state index in [-0.39, 0.29) is 11.2 Å². The Balaban J connectivity index is 1.87. The molecule has 1 aromatic carbocycles. The van der Waals surface area contributed by atoms with Crippen LogP contribution in [0.2, 0.25) is 0 Å². The van der Waals surface area contributed by atoms with Crippen molar-refractivity contribution in [3.05, 3.63) is 56.7 Å². The van der Waals surface area contributed by atoms with Gasteiger partial charge >= 0.3 is 0 Å². The summed E-state index contributed by atoms with van der Waals surface area (Å²) in [4.78, 5) is 20.6. The number of fused-ring (bicyclic) bond motifs is 3. The minimum atomic E-state index is -0.201. The molecule has 3 aromatic rings. The number of thioether (sulfide) groups is 1. The molecule has 0 spiro atoms. The molecular weight excluding hydrogens is 388 g/mol. The minimum absolute atomic E-state index is 0.0882. The fourth-order valence-corrected chi connectivity index (χ4v) is 5.57. The van der Waals surface area contributed by atoms with Gasteiger partial charge < -0.3 is 4.74 Å². The second kappa shape index (κ2) is 8.01. The monoisotopic (exact) mass is 414 g/mol. The van der Waals surface area contributed by atoms with Gasteiger partial charge in [-0.05, 0) is 30.9 Å². The van der Waals surface area contributed by atoms with Gasteiger partial charge in [0.15, 0.2) is 5.16 Å². The lowest BCUT2D eigenvalue weighted by molar-refractivity contribution is -0.0543. The fourth-order valence-electron chi connectivity index (χ4n) is 3.57. The first-order chi connectivity index (χ1) is 13.5. The van der Waals surface area contributed by atoms with Gasteiger partial charge in [0.1, 0.15) is 4.83 Å². The maximum atomic E-state index is 13.6. The van der Waals surface area contributed by atoms with Crippen molar-refractivity contribution in [2.24, 2.45) is 0 Å². The molecule has 0 fully saturated rings. The summed E-state index contributed by atoms with van der Waals surface area (Å²) in [6.07, 6.45) is 2.76. The van der Waals surface area contributed by atoms with Crippen LogP contribution in [0.15, 0.2) is 40.3 Å². The number of aromatic nitrogens is 2. The van der Waals surface area contributed by atoms with Crippen LogP contribution >= 0.6 is 23.1 Å². The van der Waals surface area contributed by atoms with E-state index in [1.54, 1.807) is 23.1 Å². The van der Waals surface area contributed by atoms with Crippen LogP contribution in [0.4, 0.5) is 0 Å². The standard InChI is InChI=1S/C22H26N2O2S2/c1-4-11-27-21-23-19-18(16-12-22(3,5-2)26-14-17(16)28-19)20(25)24(21)13-15-9-7-6-8-10-15/h6-10H,4-5,11-14H2,1-3H3/t22-/m0/s1. The molecule has 0 amide bonds. The molecule has 2 aromatic heterocycles. The molecule has 1 aliphatic rings. The first-order valence-electron chi connectivity index (χ1n) is 9.90. The summed E-state index contributed by atoms with van der Waals surface area (Å²) in [5, 5.41) is 1.63. The molecule has 3 heterocycles. The van der Waals surface area contributed by atoms with Gasteiger partial charge in [-0.25, -0.2) is 4.98 Å². The zero-order valence-electron chi connectivity index (χ0n) is 16.7. The van der Waals surface area contributed by atoms with Gasteiger partial charge in [0.2, 0.25) is 0 Å². The lowest BCUT2D eigenvalue weighted by Gasteiger charge is -2.32. The molecule has 0 saturated heterocycles. The van der Waals surface area contributed by atoms with E-state index >= 15 is 0 Å². The Morgan fingerprint density at radius 1 is 1.29 bits per heavy atom. The maximum Gasteiger partial charge on any atom is 0.263 e. The van der Waals surface area contributed by atoms with Gasteiger partial charge in [-0.1, -0.05) is 55.9 Å². The first-order valence-corrected chi connectivity index (χ1v) is 11.7. The van der Waals surface area contributed by atoms with E-state index in [2.05, 4.69) is 32.9 Å². The SMILES string of the molecule is CCCSc1nc2sc3c(c2c(=O)n1Cc1ccccc1)C[C@](C)(CC)OC3. The Morgan fingerprint density at radius 2 is 2.07 bits per heavy atom. The van der Waals surface area contributed by atoms with Crippen molar-refractivity contribution < 1.29 is 4.74 Å². The van der Waals surface area contributed by atoms with Crippen LogP contribution in [0.3, 0.4) is 0 Å². The van der Waals surface area contributed by atoms with Crippen molar-refractivity contribution in [1.29, 1.82) is 0 Å². The van der Waals surface area contributed by atoms with Crippen LogP contribution in [0, 0.1) is 0 Å². The first kappa shape index (κ1) is 19.7. The van der Waals surface area contributed by atoms with E-state index in [1.165, 1.54) is 0 Å². The van der Waals surface area contributed by atoms with E-state index in [9.17, 15) is 4.79 Å². The highest BCUT2D eigenvalue weighted by atomic mass is 32.2. The van der Waals surface area contributed by atoms with Gasteiger partial charge in [0.05, 0.1) is 24.1 Å². The van der Waals surface area contributed by atoms with Gasteiger partial charge in [0.25, 0.3) is 5.56 Å².